The average molecular weight is 217 g/mol. The molecule has 2 N–H and O–H groups in total. The highest BCUT2D eigenvalue weighted by atomic mass is 19.3. The molecule has 86 valence electrons. The van der Waals surface area contributed by atoms with E-state index >= 15 is 0 Å². The van der Waals surface area contributed by atoms with Crippen LogP contribution in [-0.2, 0) is 0 Å². The summed E-state index contributed by atoms with van der Waals surface area (Å²) in [6.07, 6.45) is -1.70. The Morgan fingerprint density at radius 1 is 1.47 bits per heavy atom. The molecule has 0 radical (unpaired) electrons. The Balaban J connectivity index is 3.11. The van der Waals surface area contributed by atoms with Crippen molar-refractivity contribution in [3.05, 3.63) is 17.5 Å². The van der Waals surface area contributed by atoms with E-state index in [1.807, 2.05) is 13.8 Å². The van der Waals surface area contributed by atoms with Crippen LogP contribution in [0.1, 0.15) is 57.1 Å². The van der Waals surface area contributed by atoms with Crippen molar-refractivity contribution in [3.63, 3.8) is 0 Å². The Morgan fingerprint density at radius 3 is 2.47 bits per heavy atom. The Bertz CT molecular complexity index is 320. The molecule has 2 atom stereocenters. The molecule has 1 aromatic rings. The maximum Gasteiger partial charge on any atom is 0.282 e. The predicted molar refractivity (Wildman–Crippen MR) is 54.8 cm³/mol. The van der Waals surface area contributed by atoms with Crippen LogP contribution in [0, 0.1) is 0 Å². The van der Waals surface area contributed by atoms with Crippen molar-refractivity contribution >= 4 is 0 Å². The second-order valence-corrected chi connectivity index (χ2v) is 3.79. The van der Waals surface area contributed by atoms with Gasteiger partial charge in [0.05, 0.1) is 5.69 Å². The van der Waals surface area contributed by atoms with E-state index in [1.54, 1.807) is 11.6 Å². The standard InChI is InChI=1S/C10H17F2N3/c1-4-6(2)15-9(7(3)13)5-8(14-15)10(11)12/h5-7,10H,4,13H2,1-3H3/t6?,7-/m1/s1. The number of nitrogens with zero attached hydrogens (tertiary/aromatic N) is 2. The molecule has 1 unspecified atom stereocenters. The lowest BCUT2D eigenvalue weighted by atomic mass is 10.2. The number of rotatable bonds is 4. The van der Waals surface area contributed by atoms with Gasteiger partial charge in [0, 0.05) is 12.1 Å². The summed E-state index contributed by atoms with van der Waals surface area (Å²) >= 11 is 0. The molecule has 1 heterocycles. The van der Waals surface area contributed by atoms with Crippen LogP contribution in [0.5, 0.6) is 0 Å². The number of hydrogen-bond acceptors (Lipinski definition) is 2. The van der Waals surface area contributed by atoms with E-state index in [2.05, 4.69) is 5.10 Å². The lowest BCUT2D eigenvalue weighted by Gasteiger charge is -2.15. The summed E-state index contributed by atoms with van der Waals surface area (Å²) in [6.45, 7) is 5.69. The van der Waals surface area contributed by atoms with E-state index in [9.17, 15) is 8.78 Å². The van der Waals surface area contributed by atoms with E-state index in [4.69, 9.17) is 5.73 Å². The minimum Gasteiger partial charge on any atom is -0.323 e. The third-order valence-electron chi connectivity index (χ3n) is 2.48. The predicted octanol–water partition coefficient (Wildman–Crippen LogP) is 2.81. The van der Waals surface area contributed by atoms with Gasteiger partial charge in [-0.3, -0.25) is 4.68 Å². The highest BCUT2D eigenvalue weighted by molar-refractivity contribution is 5.15. The van der Waals surface area contributed by atoms with Crippen LogP contribution in [0.15, 0.2) is 6.07 Å². The van der Waals surface area contributed by atoms with Gasteiger partial charge >= 0.3 is 0 Å². The fourth-order valence-corrected chi connectivity index (χ4v) is 1.40. The second-order valence-electron chi connectivity index (χ2n) is 3.79. The molecule has 0 aliphatic carbocycles. The SMILES string of the molecule is CCC(C)n1nc(C(F)F)cc1[C@@H](C)N. The molecular weight excluding hydrogens is 200 g/mol. The minimum absolute atomic E-state index is 0.0958. The maximum atomic E-state index is 12.5. The quantitative estimate of drug-likeness (QED) is 0.842. The number of hydrogen-bond donors (Lipinski definition) is 1. The summed E-state index contributed by atoms with van der Waals surface area (Å²) in [6, 6.07) is 1.21. The van der Waals surface area contributed by atoms with Gasteiger partial charge in [0.1, 0.15) is 5.69 Å². The molecule has 0 amide bonds. The van der Waals surface area contributed by atoms with Crippen LogP contribution in [0.25, 0.3) is 0 Å². The van der Waals surface area contributed by atoms with Crippen LogP contribution < -0.4 is 5.73 Å². The largest absolute Gasteiger partial charge is 0.323 e. The number of aromatic nitrogens is 2. The van der Waals surface area contributed by atoms with E-state index in [0.29, 0.717) is 5.69 Å². The molecule has 0 fully saturated rings. The van der Waals surface area contributed by atoms with Gasteiger partial charge in [-0.15, -0.1) is 0 Å². The van der Waals surface area contributed by atoms with Gasteiger partial charge in [0.25, 0.3) is 6.43 Å². The first kappa shape index (κ1) is 12.1. The van der Waals surface area contributed by atoms with Gasteiger partial charge in [0.15, 0.2) is 0 Å². The summed E-state index contributed by atoms with van der Waals surface area (Å²) in [5.74, 6) is 0. The molecule has 0 bridgehead atoms. The summed E-state index contributed by atoms with van der Waals surface area (Å²) in [4.78, 5) is 0. The zero-order valence-corrected chi connectivity index (χ0v) is 9.24. The first-order valence-electron chi connectivity index (χ1n) is 5.10. The topological polar surface area (TPSA) is 43.8 Å². The van der Waals surface area contributed by atoms with Crippen LogP contribution in [0.2, 0.25) is 0 Å². The zero-order chi connectivity index (χ0) is 11.6. The average Bonchev–Trinajstić information content (AvgIpc) is 2.61. The van der Waals surface area contributed by atoms with Gasteiger partial charge in [0.2, 0.25) is 0 Å². The van der Waals surface area contributed by atoms with E-state index < -0.39 is 6.43 Å². The Morgan fingerprint density at radius 2 is 2.07 bits per heavy atom. The van der Waals surface area contributed by atoms with Crippen molar-refractivity contribution in [2.75, 3.05) is 0 Å². The van der Waals surface area contributed by atoms with Crippen molar-refractivity contribution < 1.29 is 8.78 Å². The maximum absolute atomic E-state index is 12.5. The fraction of sp³-hybridized carbons (Fsp3) is 0.700. The minimum atomic E-state index is -2.53. The highest BCUT2D eigenvalue weighted by Gasteiger charge is 2.19. The molecule has 0 spiro atoms. The van der Waals surface area contributed by atoms with Gasteiger partial charge in [-0.2, -0.15) is 5.10 Å². The number of halogens is 2. The van der Waals surface area contributed by atoms with E-state index in [-0.39, 0.29) is 17.8 Å². The molecule has 0 saturated heterocycles. The molecule has 15 heavy (non-hydrogen) atoms. The smallest absolute Gasteiger partial charge is 0.282 e. The third kappa shape index (κ3) is 2.53. The monoisotopic (exact) mass is 217 g/mol. The molecule has 3 nitrogen and oxygen atoms in total. The highest BCUT2D eigenvalue weighted by Crippen LogP contribution is 2.24. The molecule has 1 aromatic heterocycles. The summed E-state index contributed by atoms with van der Waals surface area (Å²) in [5, 5.41) is 3.89. The van der Waals surface area contributed by atoms with Crippen LogP contribution in [0.3, 0.4) is 0 Å². The van der Waals surface area contributed by atoms with E-state index in [1.165, 1.54) is 6.07 Å². The normalized spacial score (nSPS) is 15.7. The first-order valence-corrected chi connectivity index (χ1v) is 5.10. The summed E-state index contributed by atoms with van der Waals surface area (Å²) in [5.41, 5.74) is 6.19. The Labute approximate surface area is 88.3 Å². The van der Waals surface area contributed by atoms with Crippen molar-refractivity contribution in [2.24, 2.45) is 5.73 Å². The van der Waals surface area contributed by atoms with Gasteiger partial charge < -0.3 is 5.73 Å². The molecular formula is C10H17F2N3. The van der Waals surface area contributed by atoms with Gasteiger partial charge in [-0.05, 0) is 26.3 Å². The van der Waals surface area contributed by atoms with Crippen LogP contribution in [0.4, 0.5) is 8.78 Å². The van der Waals surface area contributed by atoms with Crippen molar-refractivity contribution in [1.29, 1.82) is 0 Å². The van der Waals surface area contributed by atoms with Gasteiger partial charge in [-0.1, -0.05) is 6.92 Å². The number of nitrogens with two attached hydrogens (primary N) is 1. The molecule has 1 rings (SSSR count). The molecule has 5 heteroatoms. The number of alkyl halides is 2. The molecule has 0 aliphatic heterocycles. The first-order chi connectivity index (χ1) is 6.97. The Kier molecular flexibility index (Phi) is 3.79. The fourth-order valence-electron chi connectivity index (χ4n) is 1.40. The van der Waals surface area contributed by atoms with Crippen LogP contribution in [-0.4, -0.2) is 9.78 Å². The molecule has 0 aliphatic rings. The summed E-state index contributed by atoms with van der Waals surface area (Å²) < 4.78 is 26.6. The molecule has 0 saturated carbocycles. The van der Waals surface area contributed by atoms with Crippen molar-refractivity contribution in [2.45, 2.75) is 45.7 Å². The summed E-state index contributed by atoms with van der Waals surface area (Å²) in [7, 11) is 0. The van der Waals surface area contributed by atoms with Crippen LogP contribution >= 0.6 is 0 Å². The lowest BCUT2D eigenvalue weighted by molar-refractivity contribution is 0.144. The third-order valence-corrected chi connectivity index (χ3v) is 2.48. The van der Waals surface area contributed by atoms with Crippen molar-refractivity contribution in [3.8, 4) is 0 Å². The second kappa shape index (κ2) is 4.70. The molecule has 0 aromatic carbocycles. The van der Waals surface area contributed by atoms with Crippen molar-refractivity contribution in [1.82, 2.24) is 9.78 Å². The Hall–Kier alpha value is -0.970. The zero-order valence-electron chi connectivity index (χ0n) is 9.24. The van der Waals surface area contributed by atoms with E-state index in [0.717, 1.165) is 6.42 Å². The lowest BCUT2D eigenvalue weighted by Crippen LogP contribution is -2.16. The van der Waals surface area contributed by atoms with Gasteiger partial charge in [-0.25, -0.2) is 8.78 Å².